The summed E-state index contributed by atoms with van der Waals surface area (Å²) in [5, 5.41) is 15.9. The normalized spacial score (nSPS) is 11.1. The molecule has 0 heterocycles. The summed E-state index contributed by atoms with van der Waals surface area (Å²) in [5.74, 6) is -22.3. The maximum absolute atomic E-state index is 13.6. The molecule has 10 nitrogen and oxygen atoms in total. The van der Waals surface area contributed by atoms with Gasteiger partial charge in [0.15, 0.2) is 98.8 Å². The van der Waals surface area contributed by atoms with Gasteiger partial charge in [0.25, 0.3) is 0 Å². The molecule has 0 amide bonds. The van der Waals surface area contributed by atoms with Crippen molar-refractivity contribution in [2.24, 2.45) is 0 Å². The van der Waals surface area contributed by atoms with Crippen LogP contribution in [0, 0.1) is 98.9 Å². The van der Waals surface area contributed by atoms with Crippen molar-refractivity contribution >= 4 is 312 Å². The molecule has 10 rings (SSSR count). The molecular formula is C90H88Cl23F17N8O2. The van der Waals surface area contributed by atoms with Crippen LogP contribution in [-0.2, 0) is 0 Å². The highest BCUT2D eigenvalue weighted by molar-refractivity contribution is 6.52. The zero-order chi connectivity index (χ0) is 110. The summed E-state index contributed by atoms with van der Waals surface area (Å²) in [6, 6.07) is 0. The first-order valence-corrected chi connectivity index (χ1v) is 48.4. The van der Waals surface area contributed by atoms with Crippen molar-refractivity contribution in [3.05, 3.63) is 270 Å². The highest BCUT2D eigenvalue weighted by Crippen LogP contribution is 2.51. The first-order chi connectivity index (χ1) is 63.7. The van der Waals surface area contributed by atoms with E-state index in [4.69, 9.17) is 313 Å². The largest absolute Gasteiger partial charge is 0.505 e. The summed E-state index contributed by atoms with van der Waals surface area (Å²) in [6.07, 6.45) is 0. The number of hydrogen-bond acceptors (Lipinski definition) is 10. The number of nitrogens with two attached hydrogens (primary N) is 8. The first-order valence-electron chi connectivity index (χ1n) is 39.7. The standard InChI is InChI=1S/C9H9Cl4N.3C9H9Cl3FN.3C9H9Cl2F2N.C9H8Cl2F2O.C9H9ClF3N.C9H8ClF3O/c1-3(2)4-5(10)7(12)8(13)9(14)6(4)11;1-3(2)4-5(10)9(14)7(12)6(11)8(4)13;1-3(2)4-5(10)8(13)7(12)9(14)6(4)11;1-3(2)4-5(10)7(12)8(13)9(14)6(4)11;1-3(2)4-5(10)9(14)6(11)8(13)7(4)12;1-3(2)4-5(10)9(14)8(13)6(11)7(4)12;1-3(2)4-5(10)7(12)8(13)9(14)6(4)11;1-3(2)4-5(10)7(12)6(11)8(13)9(4)14;1-3(2)4-5(10)9(14)8(13)7(12)6(4)11;1-3(2)4-6(11)7(12)5(10)8(13)9(4)14/h7*3H,14H2,1-2H3;3,14H,1-2H3;3H,14H2,1-2H3;3,14H,1-2H3. The summed E-state index contributed by atoms with van der Waals surface area (Å²) in [5.41, 5.74) is 44.6. The van der Waals surface area contributed by atoms with Crippen LogP contribution in [0.1, 0.15) is 253 Å². The number of nitrogen functional groups attached to an aromatic ring is 8. The highest BCUT2D eigenvalue weighted by Gasteiger charge is 2.33. The number of phenols is 2. The monoisotopic (exact) mass is 2440 g/mol. The molecule has 0 aliphatic carbocycles. The molecule has 0 spiro atoms. The van der Waals surface area contributed by atoms with Crippen LogP contribution >= 0.6 is 267 Å². The maximum Gasteiger partial charge on any atom is 0.196 e. The van der Waals surface area contributed by atoms with Crippen LogP contribution in [-0.4, -0.2) is 10.2 Å². The Morgan fingerprint density at radius 1 is 0.129 bits per heavy atom. The maximum atomic E-state index is 13.6. The predicted octanol–water partition coefficient (Wildman–Crippen LogP) is 41.6. The smallest absolute Gasteiger partial charge is 0.196 e. The molecule has 0 aliphatic heterocycles. The number of halogens is 40. The van der Waals surface area contributed by atoms with Crippen molar-refractivity contribution in [2.45, 2.75) is 198 Å². The van der Waals surface area contributed by atoms with Gasteiger partial charge < -0.3 is 56.1 Å². The molecule has 0 saturated heterocycles. The Morgan fingerprint density at radius 2 is 0.300 bits per heavy atom. The molecule has 0 fully saturated rings. The number of benzene rings is 10. The topological polar surface area (TPSA) is 249 Å². The van der Waals surface area contributed by atoms with Gasteiger partial charge in [0, 0.05) is 33.4 Å². The summed E-state index contributed by atoms with van der Waals surface area (Å²) < 4.78 is 224. The van der Waals surface area contributed by atoms with Crippen molar-refractivity contribution in [1.82, 2.24) is 0 Å². The van der Waals surface area contributed by atoms with Gasteiger partial charge in [-0.2, -0.15) is 0 Å². The van der Waals surface area contributed by atoms with E-state index in [1.54, 1.807) is 83.1 Å². The second-order valence-corrected chi connectivity index (χ2v) is 40.9. The lowest BCUT2D eigenvalue weighted by Gasteiger charge is -2.15. The van der Waals surface area contributed by atoms with E-state index in [0.29, 0.717) is 32.3 Å². The summed E-state index contributed by atoms with van der Waals surface area (Å²) in [7, 11) is 0. The van der Waals surface area contributed by atoms with Crippen LogP contribution < -0.4 is 45.9 Å². The average molecular weight is 2450 g/mol. The second kappa shape index (κ2) is 56.9. The molecule has 0 saturated carbocycles. The molecule has 10 aromatic carbocycles. The average Bonchev–Trinajstić information content (AvgIpc) is 0.856. The molecule has 0 radical (unpaired) electrons. The van der Waals surface area contributed by atoms with Gasteiger partial charge in [0.05, 0.1) is 136 Å². The van der Waals surface area contributed by atoms with E-state index in [1.165, 1.54) is 13.8 Å². The number of rotatable bonds is 10. The van der Waals surface area contributed by atoms with E-state index < -0.39 is 153 Å². The van der Waals surface area contributed by atoms with Crippen LogP contribution in [0.3, 0.4) is 0 Å². The van der Waals surface area contributed by atoms with Gasteiger partial charge in [-0.05, 0) is 81.4 Å². The van der Waals surface area contributed by atoms with Crippen molar-refractivity contribution in [2.75, 3.05) is 45.9 Å². The molecule has 0 bridgehead atoms. The van der Waals surface area contributed by atoms with Gasteiger partial charge in [-0.1, -0.05) is 405 Å². The molecule has 0 aliphatic rings. The van der Waals surface area contributed by atoms with Gasteiger partial charge in [0.2, 0.25) is 0 Å². The van der Waals surface area contributed by atoms with Gasteiger partial charge >= 0.3 is 0 Å². The lowest BCUT2D eigenvalue weighted by Crippen LogP contribution is -2.06. The summed E-state index contributed by atoms with van der Waals surface area (Å²) >= 11 is 131. The Labute approximate surface area is 913 Å². The molecule has 0 aromatic heterocycles. The number of phenolic OH excluding ortho intramolecular Hbond substituents is 2. The Morgan fingerprint density at radius 3 is 0.636 bits per heavy atom. The zero-order valence-corrected chi connectivity index (χ0v) is 93.8. The third-order valence-electron chi connectivity index (χ3n) is 19.0. The molecule has 0 unspecified atom stereocenters. The van der Waals surface area contributed by atoms with E-state index in [0.717, 1.165) is 5.56 Å². The van der Waals surface area contributed by atoms with Crippen molar-refractivity contribution in [3.8, 4) is 11.5 Å². The minimum atomic E-state index is -1.57. The first kappa shape index (κ1) is 134. The fourth-order valence-corrected chi connectivity index (χ4v) is 19.4. The van der Waals surface area contributed by atoms with Crippen LogP contribution in [0.15, 0.2) is 0 Å². The van der Waals surface area contributed by atoms with Gasteiger partial charge in [0.1, 0.15) is 36.7 Å². The number of anilines is 8. The molecular weight excluding hydrogens is 2360 g/mol. The highest BCUT2D eigenvalue weighted by atomic mass is 35.5. The van der Waals surface area contributed by atoms with Crippen molar-refractivity contribution < 1.29 is 84.9 Å². The van der Waals surface area contributed by atoms with Crippen molar-refractivity contribution in [1.29, 1.82) is 0 Å². The molecule has 140 heavy (non-hydrogen) atoms. The predicted molar refractivity (Wildman–Crippen MR) is 558 cm³/mol. The molecule has 780 valence electrons. The minimum Gasteiger partial charge on any atom is -0.505 e. The Kier molecular flexibility index (Phi) is 54.3. The lowest BCUT2D eigenvalue weighted by atomic mass is 10.0. The SMILES string of the molecule is CC(C)c1c(Cl)c(N)c(Cl)c(Cl)c1Cl.CC(C)c1c(Cl)c(N)c(Cl)c(F)c1Cl.CC(C)c1c(Cl)c(N)c(F)c(Cl)c1Cl.CC(C)c1c(Cl)c(N)c(F)c(F)c1Cl.CC(C)c1c(F)c(Cl)c(Cl)c(N)c1Cl.CC(C)c1c(F)c(Cl)c(F)c(N)c1Cl.CC(C)c1c(F)c(F)c(Cl)c(N)c1Cl.CC(C)c1c(F)c(F)c(F)c(N)c1Cl.CC(C)c1c(O)c(F)c(Cl)c(F)c1Cl.CC(C)c1c(O)c(F)c(Cl)c(F)c1F. The third kappa shape index (κ3) is 31.0. The number of aromatic hydroxyl groups is 2. The molecule has 10 aromatic rings. The lowest BCUT2D eigenvalue weighted by molar-refractivity contribution is 0.398. The molecule has 0 atom stereocenters. The summed E-state index contributed by atoms with van der Waals surface area (Å²) in [4.78, 5) is 0. The van der Waals surface area contributed by atoms with Crippen LogP contribution in [0.25, 0.3) is 0 Å². The van der Waals surface area contributed by atoms with Gasteiger partial charge in [-0.25, -0.2) is 74.6 Å². The molecule has 50 heteroatoms. The fourth-order valence-electron chi connectivity index (χ4n) is 11.7. The fraction of sp³-hybridized carbons (Fsp3) is 0.333. The minimum absolute atomic E-state index is 0.0101. The van der Waals surface area contributed by atoms with Crippen LogP contribution in [0.2, 0.25) is 116 Å². The van der Waals surface area contributed by atoms with Gasteiger partial charge in [-0.15, -0.1) is 0 Å². The molecule has 18 N–H and O–H groups in total. The summed E-state index contributed by atoms with van der Waals surface area (Å²) in [6.45, 7) is 34.9. The quantitative estimate of drug-likeness (QED) is 0.0268. The van der Waals surface area contributed by atoms with Crippen LogP contribution in [0.4, 0.5) is 120 Å². The van der Waals surface area contributed by atoms with E-state index in [1.807, 2.05) is 41.5 Å². The number of hydrogen-bond donors (Lipinski definition) is 10. The third-order valence-corrected chi connectivity index (χ3v) is 28.1. The van der Waals surface area contributed by atoms with Gasteiger partial charge in [-0.3, -0.25) is 0 Å². The Hall–Kier alpha value is -4.32. The Bertz CT molecular complexity index is 4710. The van der Waals surface area contributed by atoms with E-state index >= 15 is 0 Å². The van der Waals surface area contributed by atoms with E-state index in [-0.39, 0.29) is 195 Å². The van der Waals surface area contributed by atoms with Crippen molar-refractivity contribution in [3.63, 3.8) is 0 Å². The second-order valence-electron chi connectivity index (χ2n) is 32.2. The van der Waals surface area contributed by atoms with Crippen LogP contribution in [0.5, 0.6) is 11.5 Å². The zero-order valence-electron chi connectivity index (χ0n) is 76.4. The Balaban J connectivity index is 0.000000778. The van der Waals surface area contributed by atoms with E-state index in [9.17, 15) is 84.9 Å². The van der Waals surface area contributed by atoms with E-state index in [2.05, 4.69) is 0 Å².